The summed E-state index contributed by atoms with van der Waals surface area (Å²) in [6.45, 7) is 1.58. The number of carbonyl (C=O) groups excluding carboxylic acids is 2. The molecule has 0 saturated heterocycles. The molecular weight excluding hydrogens is 344 g/mol. The van der Waals surface area contributed by atoms with Crippen LogP contribution in [0, 0.1) is 28.6 Å². The van der Waals surface area contributed by atoms with Gasteiger partial charge in [-0.2, -0.15) is 5.26 Å². The number of amides is 1. The van der Waals surface area contributed by atoms with E-state index in [4.69, 9.17) is 4.74 Å². The highest BCUT2D eigenvalue weighted by Gasteiger charge is 2.61. The van der Waals surface area contributed by atoms with Gasteiger partial charge in [0.15, 0.2) is 6.10 Å². The molecule has 0 spiro atoms. The van der Waals surface area contributed by atoms with Crippen LogP contribution in [0.2, 0.25) is 0 Å². The second-order valence-electron chi connectivity index (χ2n) is 9.76. The Labute approximate surface area is 160 Å². The van der Waals surface area contributed by atoms with E-state index in [0.717, 1.165) is 51.4 Å². The van der Waals surface area contributed by atoms with Crippen molar-refractivity contribution in [3.8, 4) is 6.07 Å². The smallest absolute Gasteiger partial charge is 0.312 e. The van der Waals surface area contributed by atoms with E-state index < -0.39 is 28.6 Å². The predicted molar refractivity (Wildman–Crippen MR) is 97.2 cm³/mol. The Balaban J connectivity index is 1.41. The third kappa shape index (κ3) is 3.35. The van der Waals surface area contributed by atoms with E-state index in [9.17, 15) is 20.0 Å². The summed E-state index contributed by atoms with van der Waals surface area (Å²) in [4.78, 5) is 25.6. The highest BCUT2D eigenvalue weighted by molar-refractivity contribution is 5.86. The summed E-state index contributed by atoms with van der Waals surface area (Å²) in [5.74, 6) is 0.0385. The Morgan fingerprint density at radius 1 is 1.15 bits per heavy atom. The molecule has 0 aromatic rings. The Morgan fingerprint density at radius 2 is 1.78 bits per heavy atom. The Hall–Kier alpha value is -1.61. The van der Waals surface area contributed by atoms with Gasteiger partial charge in [-0.3, -0.25) is 9.59 Å². The summed E-state index contributed by atoms with van der Waals surface area (Å²) in [6.07, 6.45) is 7.97. The van der Waals surface area contributed by atoms with Crippen molar-refractivity contribution < 1.29 is 19.4 Å². The number of carbonyl (C=O) groups is 2. The zero-order valence-corrected chi connectivity index (χ0v) is 16.1. The van der Waals surface area contributed by atoms with Crippen molar-refractivity contribution in [3.05, 3.63) is 0 Å². The van der Waals surface area contributed by atoms with Crippen LogP contribution in [0.5, 0.6) is 0 Å². The number of rotatable bonds is 4. The SMILES string of the molecule is C[C@@H](OC(=O)C12C[C@@H]3C[C@@H](CC(O)(C3)C1)C2)C(=O)NC1(C#N)CCCCC1. The molecule has 1 amide bonds. The van der Waals surface area contributed by atoms with Crippen LogP contribution >= 0.6 is 0 Å². The van der Waals surface area contributed by atoms with Gasteiger partial charge in [-0.15, -0.1) is 0 Å². The van der Waals surface area contributed by atoms with E-state index in [0.29, 0.717) is 31.1 Å². The van der Waals surface area contributed by atoms with Gasteiger partial charge in [-0.05, 0) is 70.1 Å². The highest BCUT2D eigenvalue weighted by atomic mass is 16.5. The molecule has 27 heavy (non-hydrogen) atoms. The van der Waals surface area contributed by atoms with Crippen molar-refractivity contribution in [2.75, 3.05) is 0 Å². The maximum atomic E-state index is 13.0. The van der Waals surface area contributed by atoms with Crippen LogP contribution < -0.4 is 5.32 Å². The molecule has 4 bridgehead atoms. The van der Waals surface area contributed by atoms with E-state index in [1.54, 1.807) is 6.92 Å². The largest absolute Gasteiger partial charge is 0.452 e. The number of esters is 1. The molecule has 5 atom stereocenters. The molecule has 5 fully saturated rings. The molecule has 2 N–H and O–H groups in total. The molecule has 148 valence electrons. The van der Waals surface area contributed by atoms with E-state index >= 15 is 0 Å². The third-order valence-electron chi connectivity index (χ3n) is 7.40. The van der Waals surface area contributed by atoms with E-state index in [-0.39, 0.29) is 5.97 Å². The van der Waals surface area contributed by atoms with Crippen LogP contribution in [0.25, 0.3) is 0 Å². The number of hydrogen-bond donors (Lipinski definition) is 2. The standard InChI is InChI=1S/C21H30N2O4/c1-14(17(24)23-20(13-22)5-3-2-4-6-20)27-18(25)19-8-15-7-16(9-19)11-21(26,10-15)12-19/h14-16,26H,2-12H2,1H3,(H,23,24)/t14-,15-,16+,19?,21?/m1/s1. The van der Waals surface area contributed by atoms with Gasteiger partial charge in [0.1, 0.15) is 5.54 Å². The summed E-state index contributed by atoms with van der Waals surface area (Å²) in [7, 11) is 0. The third-order valence-corrected chi connectivity index (χ3v) is 7.40. The van der Waals surface area contributed by atoms with Crippen LogP contribution in [-0.2, 0) is 14.3 Å². The molecule has 6 heteroatoms. The number of nitrogens with one attached hydrogen (secondary N) is 1. The lowest BCUT2D eigenvalue weighted by atomic mass is 9.48. The summed E-state index contributed by atoms with van der Waals surface area (Å²) in [5.41, 5.74) is -2.20. The average Bonchev–Trinajstić information content (AvgIpc) is 2.60. The van der Waals surface area contributed by atoms with Crippen LogP contribution in [0.4, 0.5) is 0 Å². The monoisotopic (exact) mass is 374 g/mol. The van der Waals surface area contributed by atoms with Crippen molar-refractivity contribution in [2.24, 2.45) is 17.3 Å². The van der Waals surface area contributed by atoms with Gasteiger partial charge < -0.3 is 15.2 Å². The molecule has 0 aromatic heterocycles. The van der Waals surface area contributed by atoms with E-state index in [2.05, 4.69) is 11.4 Å². The van der Waals surface area contributed by atoms with Crippen LogP contribution in [0.1, 0.15) is 77.6 Å². The van der Waals surface area contributed by atoms with Crippen molar-refractivity contribution in [2.45, 2.75) is 94.8 Å². The normalized spacial score (nSPS) is 40.0. The molecule has 0 radical (unpaired) electrons. The fourth-order valence-electron chi connectivity index (χ4n) is 6.55. The van der Waals surface area contributed by atoms with Crippen molar-refractivity contribution in [1.82, 2.24) is 5.32 Å². The summed E-state index contributed by atoms with van der Waals surface area (Å²) < 4.78 is 5.60. The number of nitriles is 1. The minimum Gasteiger partial charge on any atom is -0.452 e. The van der Waals surface area contributed by atoms with E-state index in [1.807, 2.05) is 0 Å². The predicted octanol–water partition coefficient (Wildman–Crippen LogP) is 2.59. The van der Waals surface area contributed by atoms with Gasteiger partial charge in [0.25, 0.3) is 5.91 Å². The second kappa shape index (κ2) is 6.48. The molecule has 6 nitrogen and oxygen atoms in total. The lowest BCUT2D eigenvalue weighted by Crippen LogP contribution is -2.59. The number of hydrogen-bond acceptors (Lipinski definition) is 5. The fourth-order valence-corrected chi connectivity index (χ4v) is 6.55. The van der Waals surface area contributed by atoms with Crippen molar-refractivity contribution in [3.63, 3.8) is 0 Å². The van der Waals surface area contributed by atoms with Gasteiger partial charge in [0.2, 0.25) is 0 Å². The van der Waals surface area contributed by atoms with Crippen molar-refractivity contribution in [1.29, 1.82) is 5.26 Å². The molecule has 0 aromatic carbocycles. The zero-order chi connectivity index (χ0) is 19.3. The Bertz CT molecular complexity index is 662. The first-order valence-electron chi connectivity index (χ1n) is 10.4. The van der Waals surface area contributed by atoms with Gasteiger partial charge >= 0.3 is 5.97 Å². The zero-order valence-electron chi connectivity index (χ0n) is 16.1. The lowest BCUT2D eigenvalue weighted by molar-refractivity contribution is -0.200. The first-order valence-corrected chi connectivity index (χ1v) is 10.4. The number of ether oxygens (including phenoxy) is 1. The second-order valence-corrected chi connectivity index (χ2v) is 9.76. The maximum Gasteiger partial charge on any atom is 0.312 e. The minimum absolute atomic E-state index is 0.340. The fraction of sp³-hybridized carbons (Fsp3) is 0.857. The van der Waals surface area contributed by atoms with Gasteiger partial charge in [0.05, 0.1) is 17.1 Å². The highest BCUT2D eigenvalue weighted by Crippen LogP contribution is 2.62. The van der Waals surface area contributed by atoms with Crippen LogP contribution in [0.3, 0.4) is 0 Å². The molecule has 5 aliphatic rings. The van der Waals surface area contributed by atoms with Gasteiger partial charge in [-0.1, -0.05) is 19.3 Å². The molecule has 2 unspecified atom stereocenters. The Morgan fingerprint density at radius 3 is 2.33 bits per heavy atom. The minimum atomic E-state index is -0.924. The van der Waals surface area contributed by atoms with Gasteiger partial charge in [0, 0.05) is 0 Å². The van der Waals surface area contributed by atoms with E-state index in [1.165, 1.54) is 0 Å². The molecule has 0 aliphatic heterocycles. The van der Waals surface area contributed by atoms with Crippen molar-refractivity contribution >= 4 is 11.9 Å². The lowest BCUT2D eigenvalue weighted by Gasteiger charge is -2.58. The quantitative estimate of drug-likeness (QED) is 0.737. The Kier molecular flexibility index (Phi) is 4.50. The summed E-state index contributed by atoms with van der Waals surface area (Å²) >= 11 is 0. The van der Waals surface area contributed by atoms with Gasteiger partial charge in [-0.25, -0.2) is 0 Å². The first kappa shape index (κ1) is 18.7. The molecular formula is C21H30N2O4. The average molecular weight is 374 g/mol. The molecule has 5 aliphatic carbocycles. The van der Waals surface area contributed by atoms with Crippen LogP contribution in [0.15, 0.2) is 0 Å². The molecule has 0 heterocycles. The van der Waals surface area contributed by atoms with Crippen LogP contribution in [-0.4, -0.2) is 34.2 Å². The summed E-state index contributed by atoms with van der Waals surface area (Å²) in [6, 6.07) is 2.26. The topological polar surface area (TPSA) is 99.4 Å². The maximum absolute atomic E-state index is 13.0. The number of nitrogens with zero attached hydrogens (tertiary/aromatic N) is 1. The molecule has 5 rings (SSSR count). The first-order chi connectivity index (χ1) is 12.8. The molecule has 5 saturated carbocycles. The summed E-state index contributed by atoms with van der Waals surface area (Å²) in [5, 5.41) is 23.2. The number of aliphatic hydroxyl groups is 1.